The van der Waals surface area contributed by atoms with Gasteiger partial charge >= 0.3 is 23.9 Å². The van der Waals surface area contributed by atoms with Crippen LogP contribution in [0.5, 0.6) is 0 Å². The van der Waals surface area contributed by atoms with Gasteiger partial charge in [-0.3, -0.25) is 0 Å². The van der Waals surface area contributed by atoms with Gasteiger partial charge in [0.05, 0.1) is 22.8 Å². The SMILES string of the molecule is CC(O)C(O)/C1=C\C(=O)OOC(=O)c2ccccc2C(=O)OOC1=O. The molecule has 2 atom stereocenters. The summed E-state index contributed by atoms with van der Waals surface area (Å²) in [6, 6.07) is 5.18. The zero-order valence-corrected chi connectivity index (χ0v) is 12.7. The molecule has 1 heterocycles. The van der Waals surface area contributed by atoms with Gasteiger partial charge in [0.15, 0.2) is 0 Å². The van der Waals surface area contributed by atoms with Crippen molar-refractivity contribution in [2.75, 3.05) is 0 Å². The molecule has 0 amide bonds. The second-order valence-electron chi connectivity index (χ2n) is 4.85. The highest BCUT2D eigenvalue weighted by atomic mass is 17.2. The van der Waals surface area contributed by atoms with E-state index in [9.17, 15) is 29.4 Å². The number of fused-ring (bicyclic) bond motifs is 1. The molecule has 1 aliphatic rings. The first-order valence-electron chi connectivity index (χ1n) is 6.84. The van der Waals surface area contributed by atoms with Crippen LogP contribution < -0.4 is 0 Å². The van der Waals surface area contributed by atoms with Crippen molar-refractivity contribution in [2.24, 2.45) is 0 Å². The molecule has 2 rings (SSSR count). The number of carbonyl (C=O) groups is 4. The monoisotopic (exact) mass is 352 g/mol. The van der Waals surface area contributed by atoms with Crippen molar-refractivity contribution in [1.29, 1.82) is 0 Å². The van der Waals surface area contributed by atoms with Gasteiger partial charge in [0.2, 0.25) is 0 Å². The van der Waals surface area contributed by atoms with E-state index in [4.69, 9.17) is 0 Å². The summed E-state index contributed by atoms with van der Waals surface area (Å²) in [5.41, 5.74) is -1.40. The van der Waals surface area contributed by atoms with Crippen molar-refractivity contribution >= 4 is 23.9 Å². The molecular weight excluding hydrogens is 340 g/mol. The lowest BCUT2D eigenvalue weighted by molar-refractivity contribution is -0.233. The second kappa shape index (κ2) is 7.55. The average Bonchev–Trinajstić information content (AvgIpc) is 2.60. The molecule has 1 aromatic rings. The zero-order valence-electron chi connectivity index (χ0n) is 12.7. The number of aliphatic hydroxyl groups is 2. The highest BCUT2D eigenvalue weighted by molar-refractivity contribution is 6.04. The third kappa shape index (κ3) is 4.19. The van der Waals surface area contributed by atoms with Crippen LogP contribution in [0.2, 0.25) is 0 Å². The summed E-state index contributed by atoms with van der Waals surface area (Å²) in [6.45, 7) is 1.13. The van der Waals surface area contributed by atoms with Gasteiger partial charge in [-0.15, -0.1) is 0 Å². The Morgan fingerprint density at radius 1 is 0.800 bits per heavy atom. The molecule has 25 heavy (non-hydrogen) atoms. The number of carbonyl (C=O) groups excluding carboxylic acids is 4. The Morgan fingerprint density at radius 2 is 1.28 bits per heavy atom. The standard InChI is InChI=1S/C15H12O10/c1-7(16)12(18)10-6-11(17)22-23-13(19)8-4-2-3-5-9(8)14(20)24-25-15(10)21/h2-7,12,16,18H,1H3/b10-6+. The van der Waals surface area contributed by atoms with E-state index in [0.717, 1.165) is 6.92 Å². The molecule has 0 fully saturated rings. The Balaban J connectivity index is 2.39. The third-order valence-corrected chi connectivity index (χ3v) is 3.04. The van der Waals surface area contributed by atoms with Gasteiger partial charge in [-0.05, 0) is 19.1 Å². The highest BCUT2D eigenvalue weighted by Gasteiger charge is 2.30. The van der Waals surface area contributed by atoms with Crippen LogP contribution in [-0.4, -0.2) is 46.3 Å². The van der Waals surface area contributed by atoms with Crippen molar-refractivity contribution in [1.82, 2.24) is 0 Å². The number of rotatable bonds is 2. The highest BCUT2D eigenvalue weighted by Crippen LogP contribution is 2.16. The smallest absolute Gasteiger partial charge is 0.387 e. The molecule has 132 valence electrons. The van der Waals surface area contributed by atoms with E-state index in [-0.39, 0.29) is 11.1 Å². The lowest BCUT2D eigenvalue weighted by Crippen LogP contribution is -2.31. The lowest BCUT2D eigenvalue weighted by Gasteiger charge is -2.16. The van der Waals surface area contributed by atoms with E-state index < -0.39 is 41.7 Å². The summed E-state index contributed by atoms with van der Waals surface area (Å²) in [5, 5.41) is 19.1. The summed E-state index contributed by atoms with van der Waals surface area (Å²) >= 11 is 0. The summed E-state index contributed by atoms with van der Waals surface area (Å²) in [6.07, 6.45) is -2.91. The molecule has 10 heteroatoms. The molecule has 0 radical (unpaired) electrons. The fourth-order valence-electron chi connectivity index (χ4n) is 1.81. The molecule has 10 nitrogen and oxygen atoms in total. The van der Waals surface area contributed by atoms with Crippen LogP contribution in [0.15, 0.2) is 35.9 Å². The Kier molecular flexibility index (Phi) is 5.47. The topological polar surface area (TPSA) is 146 Å². The first-order valence-corrected chi connectivity index (χ1v) is 6.84. The quantitative estimate of drug-likeness (QED) is 0.674. The van der Waals surface area contributed by atoms with Gasteiger partial charge in [0, 0.05) is 6.08 Å². The first kappa shape index (κ1) is 18.1. The van der Waals surface area contributed by atoms with Crippen LogP contribution >= 0.6 is 0 Å². The summed E-state index contributed by atoms with van der Waals surface area (Å²) < 4.78 is 0. The van der Waals surface area contributed by atoms with Crippen LogP contribution in [0.25, 0.3) is 0 Å². The van der Waals surface area contributed by atoms with Crippen LogP contribution in [0, 0.1) is 0 Å². The van der Waals surface area contributed by atoms with Crippen LogP contribution in [0.3, 0.4) is 0 Å². The van der Waals surface area contributed by atoms with Crippen LogP contribution in [0.4, 0.5) is 0 Å². The maximum atomic E-state index is 11.9. The Labute approximate surface area is 140 Å². The molecule has 1 aromatic carbocycles. The van der Waals surface area contributed by atoms with E-state index in [1.807, 2.05) is 0 Å². The largest absolute Gasteiger partial charge is 0.390 e. The van der Waals surface area contributed by atoms with Gasteiger partial charge in [0.1, 0.15) is 6.10 Å². The molecule has 2 unspecified atom stereocenters. The average molecular weight is 352 g/mol. The first-order chi connectivity index (χ1) is 11.8. The van der Waals surface area contributed by atoms with E-state index in [0.29, 0.717) is 6.08 Å². The van der Waals surface area contributed by atoms with E-state index in [2.05, 4.69) is 19.6 Å². The van der Waals surface area contributed by atoms with Gasteiger partial charge in [0.25, 0.3) is 0 Å². The molecular formula is C15H12O10. The maximum absolute atomic E-state index is 11.9. The molecule has 0 aromatic heterocycles. The number of hydrogen-bond acceptors (Lipinski definition) is 10. The zero-order chi connectivity index (χ0) is 18.6. The summed E-state index contributed by atoms with van der Waals surface area (Å²) in [5.74, 6) is -5.16. The van der Waals surface area contributed by atoms with Crippen LogP contribution in [0.1, 0.15) is 27.6 Å². The summed E-state index contributed by atoms with van der Waals surface area (Å²) in [7, 11) is 0. The molecule has 0 spiro atoms. The van der Waals surface area contributed by atoms with Crippen molar-refractivity contribution in [2.45, 2.75) is 19.1 Å². The van der Waals surface area contributed by atoms with Gasteiger partial charge in [-0.2, -0.15) is 0 Å². The third-order valence-electron chi connectivity index (χ3n) is 3.04. The molecule has 0 saturated carbocycles. The van der Waals surface area contributed by atoms with Gasteiger partial charge in [-0.25, -0.2) is 38.7 Å². The van der Waals surface area contributed by atoms with Crippen LogP contribution in [-0.2, 0) is 29.1 Å². The molecule has 1 aliphatic heterocycles. The fourth-order valence-corrected chi connectivity index (χ4v) is 1.81. The maximum Gasteiger partial charge on any atom is 0.387 e. The Hall–Kier alpha value is -3.24. The van der Waals surface area contributed by atoms with Crippen molar-refractivity contribution in [3.8, 4) is 0 Å². The minimum absolute atomic E-state index is 0.301. The minimum Gasteiger partial charge on any atom is -0.390 e. The Morgan fingerprint density at radius 3 is 1.80 bits per heavy atom. The van der Waals surface area contributed by atoms with Crippen molar-refractivity contribution < 1.29 is 48.9 Å². The van der Waals surface area contributed by atoms with Gasteiger partial charge < -0.3 is 10.2 Å². The Bertz CT molecular complexity index is 748. The molecule has 0 saturated heterocycles. The van der Waals surface area contributed by atoms with Crippen molar-refractivity contribution in [3.63, 3.8) is 0 Å². The van der Waals surface area contributed by atoms with Crippen molar-refractivity contribution in [3.05, 3.63) is 47.0 Å². The lowest BCUT2D eigenvalue weighted by atomic mass is 10.1. The van der Waals surface area contributed by atoms with E-state index in [1.54, 1.807) is 0 Å². The number of hydrogen-bond donors (Lipinski definition) is 2. The molecule has 2 N–H and O–H groups in total. The van der Waals surface area contributed by atoms with E-state index in [1.165, 1.54) is 24.3 Å². The predicted molar refractivity (Wildman–Crippen MR) is 75.2 cm³/mol. The van der Waals surface area contributed by atoms with Gasteiger partial charge in [-0.1, -0.05) is 12.1 Å². The predicted octanol–water partition coefficient (Wildman–Crippen LogP) is -0.402. The minimum atomic E-state index is -1.86. The summed E-state index contributed by atoms with van der Waals surface area (Å²) in [4.78, 5) is 64.4. The number of benzene rings is 1. The number of aliphatic hydroxyl groups excluding tert-OH is 2. The molecule has 0 aliphatic carbocycles. The van der Waals surface area contributed by atoms with E-state index >= 15 is 0 Å². The second-order valence-corrected chi connectivity index (χ2v) is 4.85. The normalized spacial score (nSPS) is 20.2. The molecule has 0 bridgehead atoms. The fraction of sp³-hybridized carbons (Fsp3) is 0.200.